The number of carbonyl (C=O) groups excluding carboxylic acids is 1. The molecular weight excluding hydrogens is 240 g/mol. The topological polar surface area (TPSA) is 35.5 Å². The Morgan fingerprint density at radius 1 is 1.29 bits per heavy atom. The molecule has 0 N–H and O–H groups in total. The number of rotatable bonds is 6. The van der Waals surface area contributed by atoms with E-state index in [2.05, 4.69) is 6.92 Å². The zero-order valence-electron chi connectivity index (χ0n) is 10.4. The van der Waals surface area contributed by atoms with E-state index in [1.165, 1.54) is 14.2 Å². The molecule has 17 heavy (non-hydrogen) atoms. The second-order valence-electron chi connectivity index (χ2n) is 3.72. The maximum atomic E-state index is 11.9. The molecule has 0 aliphatic carbocycles. The monoisotopic (exact) mass is 256 g/mol. The molecule has 3 nitrogen and oxygen atoms in total. The third kappa shape index (κ3) is 3.37. The Hall–Kier alpha value is -1.22. The summed E-state index contributed by atoms with van der Waals surface area (Å²) < 4.78 is 10.3. The van der Waals surface area contributed by atoms with E-state index >= 15 is 0 Å². The van der Waals surface area contributed by atoms with Crippen LogP contribution in [0.1, 0.15) is 36.5 Å². The number of methoxy groups -OCH3 is 2. The van der Waals surface area contributed by atoms with Crippen LogP contribution in [0.2, 0.25) is 5.02 Å². The van der Waals surface area contributed by atoms with Crippen molar-refractivity contribution in [3.8, 4) is 11.5 Å². The highest BCUT2D eigenvalue weighted by atomic mass is 35.5. The first-order valence-electron chi connectivity index (χ1n) is 5.58. The van der Waals surface area contributed by atoms with Gasteiger partial charge in [-0.15, -0.1) is 0 Å². The minimum atomic E-state index is 0.0784. The summed E-state index contributed by atoms with van der Waals surface area (Å²) >= 11 is 6.03. The first-order valence-corrected chi connectivity index (χ1v) is 5.96. The Morgan fingerprint density at radius 3 is 2.53 bits per heavy atom. The van der Waals surface area contributed by atoms with Crippen molar-refractivity contribution in [2.45, 2.75) is 26.2 Å². The van der Waals surface area contributed by atoms with Crippen LogP contribution in [0.3, 0.4) is 0 Å². The van der Waals surface area contributed by atoms with E-state index in [9.17, 15) is 4.79 Å². The maximum Gasteiger partial charge on any atom is 0.179 e. The van der Waals surface area contributed by atoms with Crippen LogP contribution >= 0.6 is 11.6 Å². The highest BCUT2D eigenvalue weighted by molar-refractivity contribution is 6.32. The van der Waals surface area contributed by atoms with Crippen LogP contribution in [0.25, 0.3) is 0 Å². The molecule has 0 bridgehead atoms. The highest BCUT2D eigenvalue weighted by Gasteiger charge is 2.14. The summed E-state index contributed by atoms with van der Waals surface area (Å²) in [5.74, 6) is 1.02. The van der Waals surface area contributed by atoms with Gasteiger partial charge in [0.2, 0.25) is 0 Å². The van der Waals surface area contributed by atoms with E-state index in [0.717, 1.165) is 12.8 Å². The van der Waals surface area contributed by atoms with Crippen LogP contribution in [0, 0.1) is 0 Å². The van der Waals surface area contributed by atoms with Crippen LogP contribution in [0.15, 0.2) is 12.1 Å². The molecule has 0 saturated carbocycles. The maximum absolute atomic E-state index is 11.9. The number of hydrogen-bond donors (Lipinski definition) is 0. The van der Waals surface area contributed by atoms with Crippen LogP contribution in [-0.4, -0.2) is 20.0 Å². The lowest BCUT2D eigenvalue weighted by molar-refractivity contribution is 0.0979. The van der Waals surface area contributed by atoms with Gasteiger partial charge in [0.25, 0.3) is 0 Å². The largest absolute Gasteiger partial charge is 0.493 e. The molecule has 0 amide bonds. The molecule has 0 aliphatic heterocycles. The van der Waals surface area contributed by atoms with Gasteiger partial charge in [0.15, 0.2) is 17.3 Å². The van der Waals surface area contributed by atoms with Crippen molar-refractivity contribution in [3.63, 3.8) is 0 Å². The lowest BCUT2D eigenvalue weighted by Gasteiger charge is -2.11. The van der Waals surface area contributed by atoms with E-state index in [0.29, 0.717) is 28.5 Å². The van der Waals surface area contributed by atoms with E-state index in [4.69, 9.17) is 21.1 Å². The van der Waals surface area contributed by atoms with Crippen LogP contribution in [0.5, 0.6) is 11.5 Å². The van der Waals surface area contributed by atoms with Crippen molar-refractivity contribution in [1.29, 1.82) is 0 Å². The number of halogens is 1. The molecule has 1 aromatic rings. The van der Waals surface area contributed by atoms with Gasteiger partial charge in [0.1, 0.15) is 0 Å². The molecule has 0 fully saturated rings. The SMILES string of the molecule is CCCCC(=O)c1cc(Cl)c(OC)c(OC)c1. The van der Waals surface area contributed by atoms with Crippen molar-refractivity contribution < 1.29 is 14.3 Å². The number of unbranched alkanes of at least 4 members (excludes halogenated alkanes) is 1. The first-order chi connectivity index (χ1) is 8.13. The predicted molar refractivity (Wildman–Crippen MR) is 68.4 cm³/mol. The summed E-state index contributed by atoms with van der Waals surface area (Å²) in [5.41, 5.74) is 0.570. The quantitative estimate of drug-likeness (QED) is 0.728. The summed E-state index contributed by atoms with van der Waals surface area (Å²) in [5, 5.41) is 0.395. The number of Topliss-reactive ketones (excluding diaryl/α,β-unsaturated/α-hetero) is 1. The minimum Gasteiger partial charge on any atom is -0.493 e. The smallest absolute Gasteiger partial charge is 0.179 e. The molecule has 0 radical (unpaired) electrons. The number of ketones is 1. The molecule has 0 saturated heterocycles. The fraction of sp³-hybridized carbons (Fsp3) is 0.462. The van der Waals surface area contributed by atoms with Crippen molar-refractivity contribution in [2.24, 2.45) is 0 Å². The van der Waals surface area contributed by atoms with E-state index < -0.39 is 0 Å². The Bertz CT molecular complexity index is 402. The van der Waals surface area contributed by atoms with Gasteiger partial charge in [0, 0.05) is 12.0 Å². The van der Waals surface area contributed by atoms with Crippen molar-refractivity contribution >= 4 is 17.4 Å². The molecule has 0 aliphatic rings. The van der Waals surface area contributed by atoms with Crippen LogP contribution in [0.4, 0.5) is 0 Å². The fourth-order valence-corrected chi connectivity index (χ4v) is 1.85. The summed E-state index contributed by atoms with van der Waals surface area (Å²) in [4.78, 5) is 11.9. The molecule has 1 rings (SSSR count). The Labute approximate surface area is 107 Å². The predicted octanol–water partition coefficient (Wildman–Crippen LogP) is 3.73. The lowest BCUT2D eigenvalue weighted by Crippen LogP contribution is -2.01. The van der Waals surface area contributed by atoms with E-state index in [-0.39, 0.29) is 5.78 Å². The standard InChI is InChI=1S/C13H17ClO3/c1-4-5-6-11(15)9-7-10(14)13(17-3)12(8-9)16-2/h7-8H,4-6H2,1-3H3. The van der Waals surface area contributed by atoms with Crippen LogP contribution < -0.4 is 9.47 Å². The number of hydrogen-bond acceptors (Lipinski definition) is 3. The van der Waals surface area contributed by atoms with E-state index in [1.54, 1.807) is 12.1 Å². The molecule has 94 valence electrons. The van der Waals surface area contributed by atoms with Gasteiger partial charge in [-0.3, -0.25) is 4.79 Å². The molecular formula is C13H17ClO3. The fourth-order valence-electron chi connectivity index (χ4n) is 1.56. The Morgan fingerprint density at radius 2 is 2.00 bits per heavy atom. The van der Waals surface area contributed by atoms with Crippen LogP contribution in [-0.2, 0) is 0 Å². The zero-order valence-corrected chi connectivity index (χ0v) is 11.1. The second kappa shape index (κ2) is 6.50. The van der Waals surface area contributed by atoms with Crippen molar-refractivity contribution in [3.05, 3.63) is 22.7 Å². The zero-order chi connectivity index (χ0) is 12.8. The number of ether oxygens (including phenoxy) is 2. The highest BCUT2D eigenvalue weighted by Crippen LogP contribution is 2.36. The Kier molecular flexibility index (Phi) is 5.29. The molecule has 1 aromatic carbocycles. The van der Waals surface area contributed by atoms with Gasteiger partial charge in [0.05, 0.1) is 19.2 Å². The molecule has 0 atom stereocenters. The van der Waals surface area contributed by atoms with Gasteiger partial charge in [-0.1, -0.05) is 24.9 Å². The second-order valence-corrected chi connectivity index (χ2v) is 4.13. The van der Waals surface area contributed by atoms with Gasteiger partial charge < -0.3 is 9.47 Å². The average Bonchev–Trinajstić information content (AvgIpc) is 2.34. The normalized spacial score (nSPS) is 10.1. The van der Waals surface area contributed by atoms with Gasteiger partial charge in [-0.25, -0.2) is 0 Å². The summed E-state index contributed by atoms with van der Waals surface area (Å²) in [7, 11) is 3.04. The average molecular weight is 257 g/mol. The van der Waals surface area contributed by atoms with Gasteiger partial charge >= 0.3 is 0 Å². The third-order valence-electron chi connectivity index (χ3n) is 2.51. The molecule has 0 spiro atoms. The molecule has 0 aromatic heterocycles. The Balaban J connectivity index is 3.02. The number of carbonyl (C=O) groups is 1. The van der Waals surface area contributed by atoms with Crippen molar-refractivity contribution in [2.75, 3.05) is 14.2 Å². The van der Waals surface area contributed by atoms with Gasteiger partial charge in [-0.2, -0.15) is 0 Å². The summed E-state index contributed by atoms with van der Waals surface area (Å²) in [6.45, 7) is 2.05. The third-order valence-corrected chi connectivity index (χ3v) is 2.79. The summed E-state index contributed by atoms with van der Waals surface area (Å²) in [6.07, 6.45) is 2.40. The number of benzene rings is 1. The molecule has 0 heterocycles. The minimum absolute atomic E-state index is 0.0784. The van der Waals surface area contributed by atoms with E-state index in [1.807, 2.05) is 0 Å². The first kappa shape index (κ1) is 13.8. The lowest BCUT2D eigenvalue weighted by atomic mass is 10.1. The molecule has 0 unspecified atom stereocenters. The molecule has 4 heteroatoms. The summed E-state index contributed by atoms with van der Waals surface area (Å²) in [6, 6.07) is 3.30. The van der Waals surface area contributed by atoms with Crippen molar-refractivity contribution in [1.82, 2.24) is 0 Å². The van der Waals surface area contributed by atoms with Gasteiger partial charge in [-0.05, 0) is 18.6 Å².